The topological polar surface area (TPSA) is 94.4 Å². The summed E-state index contributed by atoms with van der Waals surface area (Å²) in [5.41, 5.74) is 0.924. The van der Waals surface area contributed by atoms with Crippen LogP contribution in [0.15, 0.2) is 63.4 Å². The number of para-hydroxylation sites is 1. The molecule has 0 aliphatic carbocycles. The molecule has 0 fully saturated rings. The number of thioether (sulfide) groups is 1. The summed E-state index contributed by atoms with van der Waals surface area (Å²) in [4.78, 5) is 29.8. The number of hydrogen-bond acceptors (Lipinski definition) is 6. The Bertz CT molecular complexity index is 1240. The Morgan fingerprint density at radius 3 is 2.68 bits per heavy atom. The van der Waals surface area contributed by atoms with Gasteiger partial charge in [0.2, 0.25) is 0 Å². The molecule has 1 N–H and O–H groups in total. The Morgan fingerprint density at radius 2 is 1.86 bits per heavy atom. The first kappa shape index (κ1) is 18.5. The summed E-state index contributed by atoms with van der Waals surface area (Å²) >= 11 is 1.40. The maximum absolute atomic E-state index is 12.8. The van der Waals surface area contributed by atoms with E-state index in [4.69, 9.17) is 5.11 Å². The molecule has 28 heavy (non-hydrogen) atoms. The minimum Gasteiger partial charge on any atom is -0.396 e. The molecular formula is C19H19N5O3S. The third kappa shape index (κ3) is 3.46. The molecule has 9 heteroatoms. The van der Waals surface area contributed by atoms with Crippen molar-refractivity contribution in [1.29, 1.82) is 0 Å². The van der Waals surface area contributed by atoms with Crippen molar-refractivity contribution in [2.75, 3.05) is 12.4 Å². The highest BCUT2D eigenvalue weighted by Crippen LogP contribution is 2.18. The van der Waals surface area contributed by atoms with E-state index in [1.165, 1.54) is 20.8 Å². The third-order valence-corrected chi connectivity index (χ3v) is 5.35. The lowest BCUT2D eigenvalue weighted by Crippen LogP contribution is -2.25. The van der Waals surface area contributed by atoms with Crippen LogP contribution in [0.1, 0.15) is 6.42 Å². The van der Waals surface area contributed by atoms with Crippen molar-refractivity contribution in [3.63, 3.8) is 0 Å². The first-order valence-electron chi connectivity index (χ1n) is 8.96. The number of aromatic nitrogens is 5. The smallest absolute Gasteiger partial charge is 0.350 e. The van der Waals surface area contributed by atoms with Crippen molar-refractivity contribution < 1.29 is 5.11 Å². The lowest BCUT2D eigenvalue weighted by Gasteiger charge is -2.12. The van der Waals surface area contributed by atoms with Gasteiger partial charge in [0.25, 0.3) is 5.56 Å². The Balaban J connectivity index is 1.60. The fourth-order valence-electron chi connectivity index (χ4n) is 3.02. The first-order chi connectivity index (χ1) is 13.7. The van der Waals surface area contributed by atoms with E-state index in [9.17, 15) is 9.59 Å². The Morgan fingerprint density at radius 1 is 1.04 bits per heavy atom. The van der Waals surface area contributed by atoms with E-state index in [1.807, 2.05) is 24.3 Å². The Labute approximate surface area is 164 Å². The van der Waals surface area contributed by atoms with Crippen LogP contribution in [0, 0.1) is 0 Å². The highest BCUT2D eigenvalue weighted by Gasteiger charge is 2.12. The van der Waals surface area contributed by atoms with Gasteiger partial charge in [0, 0.05) is 25.1 Å². The van der Waals surface area contributed by atoms with Crippen LogP contribution in [0.5, 0.6) is 0 Å². The van der Waals surface area contributed by atoms with Crippen molar-refractivity contribution in [3.8, 4) is 0 Å². The number of benzene rings is 1. The van der Waals surface area contributed by atoms with Gasteiger partial charge in [-0.05, 0) is 30.7 Å². The molecule has 144 valence electrons. The number of pyridine rings is 1. The van der Waals surface area contributed by atoms with E-state index in [0.717, 1.165) is 0 Å². The molecule has 4 rings (SSSR count). The van der Waals surface area contributed by atoms with E-state index >= 15 is 0 Å². The van der Waals surface area contributed by atoms with Gasteiger partial charge in [-0.2, -0.15) is 0 Å². The molecule has 3 heterocycles. The van der Waals surface area contributed by atoms with Gasteiger partial charge in [-0.15, -0.1) is 5.10 Å². The summed E-state index contributed by atoms with van der Waals surface area (Å²) in [5, 5.41) is 14.6. The minimum absolute atomic E-state index is 0.0000148. The molecule has 0 saturated carbocycles. The fourth-order valence-corrected chi connectivity index (χ4v) is 3.96. The molecule has 0 amide bonds. The second-order valence-electron chi connectivity index (χ2n) is 6.23. The van der Waals surface area contributed by atoms with Crippen LogP contribution in [0.25, 0.3) is 16.6 Å². The molecule has 0 aliphatic heterocycles. The van der Waals surface area contributed by atoms with Gasteiger partial charge in [-0.1, -0.05) is 30.0 Å². The van der Waals surface area contributed by atoms with Gasteiger partial charge in [0.05, 0.1) is 17.4 Å². The fraction of sp³-hybridized carbons (Fsp3) is 0.263. The van der Waals surface area contributed by atoms with Crippen molar-refractivity contribution >= 4 is 28.3 Å². The largest absolute Gasteiger partial charge is 0.396 e. The van der Waals surface area contributed by atoms with Crippen LogP contribution in [-0.2, 0) is 13.1 Å². The summed E-state index contributed by atoms with van der Waals surface area (Å²) in [6, 6.07) is 12.6. The number of aliphatic hydroxyl groups is 1. The molecule has 0 bridgehead atoms. The predicted octanol–water partition coefficient (Wildman–Crippen LogP) is 1.38. The zero-order valence-electron chi connectivity index (χ0n) is 15.1. The van der Waals surface area contributed by atoms with Crippen LogP contribution in [0.4, 0.5) is 0 Å². The average Bonchev–Trinajstić information content (AvgIpc) is 3.04. The van der Waals surface area contributed by atoms with Crippen molar-refractivity contribution in [3.05, 3.63) is 69.5 Å². The van der Waals surface area contributed by atoms with Gasteiger partial charge < -0.3 is 5.11 Å². The lowest BCUT2D eigenvalue weighted by molar-refractivity contribution is 0.276. The molecule has 0 atom stereocenters. The van der Waals surface area contributed by atoms with Crippen molar-refractivity contribution in [1.82, 2.24) is 23.7 Å². The summed E-state index contributed by atoms with van der Waals surface area (Å²) < 4.78 is 4.51. The average molecular weight is 397 g/mol. The SMILES string of the molecule is O=c1c2ccccc2nc(SCCn2nc3ccccn3c2=O)n1CCCO. The summed E-state index contributed by atoms with van der Waals surface area (Å²) in [6.07, 6.45) is 2.16. The summed E-state index contributed by atoms with van der Waals surface area (Å²) in [6.45, 7) is 0.789. The normalized spacial score (nSPS) is 11.5. The molecule has 0 unspecified atom stereocenters. The standard InChI is InChI=1S/C19H19N5O3S/c25-12-5-10-23-17(26)14-6-1-2-7-15(14)20-18(23)28-13-11-24-19(27)22-9-4-3-8-16(22)21-24/h1-4,6-9,25H,5,10-13H2. The molecule has 0 aliphatic rings. The molecular weight excluding hydrogens is 378 g/mol. The van der Waals surface area contributed by atoms with Crippen LogP contribution >= 0.6 is 11.8 Å². The van der Waals surface area contributed by atoms with Crippen LogP contribution in [-0.4, -0.2) is 41.2 Å². The quantitative estimate of drug-likeness (QED) is 0.374. The van der Waals surface area contributed by atoms with E-state index in [1.54, 1.807) is 29.0 Å². The van der Waals surface area contributed by atoms with E-state index in [2.05, 4.69) is 10.1 Å². The second kappa shape index (κ2) is 7.99. The zero-order chi connectivity index (χ0) is 19.5. The molecule has 1 aromatic carbocycles. The molecule has 3 aromatic heterocycles. The number of hydrogen-bond donors (Lipinski definition) is 1. The highest BCUT2D eigenvalue weighted by atomic mass is 32.2. The van der Waals surface area contributed by atoms with Crippen LogP contribution in [0.2, 0.25) is 0 Å². The Hall–Kier alpha value is -2.91. The maximum Gasteiger partial charge on any atom is 0.350 e. The van der Waals surface area contributed by atoms with Crippen molar-refractivity contribution in [2.24, 2.45) is 0 Å². The van der Waals surface area contributed by atoms with Gasteiger partial charge >= 0.3 is 5.69 Å². The van der Waals surface area contributed by atoms with Gasteiger partial charge in [0.15, 0.2) is 10.8 Å². The molecule has 0 radical (unpaired) electrons. The van der Waals surface area contributed by atoms with E-state index in [-0.39, 0.29) is 17.9 Å². The van der Waals surface area contributed by atoms with Gasteiger partial charge in [-0.3, -0.25) is 13.8 Å². The molecule has 0 saturated heterocycles. The van der Waals surface area contributed by atoms with Crippen LogP contribution in [0.3, 0.4) is 0 Å². The number of fused-ring (bicyclic) bond motifs is 2. The Kier molecular flexibility index (Phi) is 5.27. The number of aliphatic hydroxyl groups excluding tert-OH is 1. The highest BCUT2D eigenvalue weighted by molar-refractivity contribution is 7.99. The molecule has 8 nitrogen and oxygen atoms in total. The summed E-state index contributed by atoms with van der Waals surface area (Å²) in [5.74, 6) is 0.535. The lowest BCUT2D eigenvalue weighted by atomic mass is 10.2. The monoisotopic (exact) mass is 397 g/mol. The van der Waals surface area contributed by atoms with E-state index < -0.39 is 0 Å². The molecule has 0 spiro atoms. The minimum atomic E-state index is -0.194. The number of nitrogens with zero attached hydrogens (tertiary/aromatic N) is 5. The van der Waals surface area contributed by atoms with Crippen molar-refractivity contribution in [2.45, 2.75) is 24.7 Å². The molecule has 4 aromatic rings. The predicted molar refractivity (Wildman–Crippen MR) is 108 cm³/mol. The van der Waals surface area contributed by atoms with Crippen LogP contribution < -0.4 is 11.2 Å². The summed E-state index contributed by atoms with van der Waals surface area (Å²) in [7, 11) is 0. The maximum atomic E-state index is 12.8. The zero-order valence-corrected chi connectivity index (χ0v) is 15.9. The van der Waals surface area contributed by atoms with E-state index in [0.29, 0.717) is 47.0 Å². The number of rotatable bonds is 7. The third-order valence-electron chi connectivity index (χ3n) is 4.39. The second-order valence-corrected chi connectivity index (χ2v) is 7.29. The van der Waals surface area contributed by atoms with Gasteiger partial charge in [-0.25, -0.2) is 14.5 Å². The first-order valence-corrected chi connectivity index (χ1v) is 9.95. The van der Waals surface area contributed by atoms with Gasteiger partial charge in [0.1, 0.15) is 0 Å². The number of aryl methyl sites for hydroxylation is 1.